The minimum absolute atomic E-state index is 0.179. The van der Waals surface area contributed by atoms with Gasteiger partial charge in [-0.1, -0.05) is 12.1 Å². The van der Waals surface area contributed by atoms with Crippen LogP contribution in [0.4, 0.5) is 18.0 Å². The number of amides is 2. The van der Waals surface area contributed by atoms with Crippen LogP contribution in [-0.2, 0) is 15.5 Å². The fourth-order valence-electron chi connectivity index (χ4n) is 1.97. The van der Waals surface area contributed by atoms with Crippen LogP contribution >= 0.6 is 0 Å². The number of hydrogen-bond acceptors (Lipinski definition) is 3. The highest BCUT2D eigenvalue weighted by molar-refractivity contribution is 5.84. The lowest BCUT2D eigenvalue weighted by Crippen LogP contribution is -2.37. The van der Waals surface area contributed by atoms with Crippen molar-refractivity contribution < 1.29 is 27.5 Å². The molecule has 1 aromatic rings. The van der Waals surface area contributed by atoms with E-state index in [1.165, 1.54) is 19.1 Å². The number of halogens is 3. The van der Waals surface area contributed by atoms with E-state index in [9.17, 15) is 22.8 Å². The highest BCUT2D eigenvalue weighted by Gasteiger charge is 2.43. The zero-order chi connectivity index (χ0) is 18.7. The Labute approximate surface area is 138 Å². The Kier molecular flexibility index (Phi) is 5.86. The van der Waals surface area contributed by atoms with Crippen molar-refractivity contribution >= 4 is 12.0 Å². The largest absolute Gasteiger partial charge is 0.444 e. The van der Waals surface area contributed by atoms with Crippen LogP contribution in [0, 0.1) is 5.82 Å². The minimum Gasteiger partial charge on any atom is -0.444 e. The average molecular weight is 346 g/mol. The van der Waals surface area contributed by atoms with Crippen molar-refractivity contribution in [1.29, 1.82) is 0 Å². The van der Waals surface area contributed by atoms with E-state index in [0.717, 1.165) is 13.1 Å². The maximum atomic E-state index is 14.5. The smallest absolute Gasteiger partial charge is 0.408 e. The molecule has 1 atom stereocenters. The van der Waals surface area contributed by atoms with Crippen LogP contribution in [0.5, 0.6) is 0 Å². The second-order valence-electron chi connectivity index (χ2n) is 6.23. The number of likely N-dealkylation sites (N-methyl/N-ethyl adjacent to an activating group) is 1. The van der Waals surface area contributed by atoms with Gasteiger partial charge in [-0.3, -0.25) is 4.79 Å². The fourth-order valence-corrected chi connectivity index (χ4v) is 1.97. The highest BCUT2D eigenvalue weighted by Crippen LogP contribution is 2.33. The molecule has 0 aliphatic carbocycles. The number of alkyl halides is 2. The number of carbonyl (C=O) groups is 2. The van der Waals surface area contributed by atoms with Gasteiger partial charge in [0.1, 0.15) is 11.4 Å². The molecule has 1 aromatic carbocycles. The predicted molar refractivity (Wildman–Crippen MR) is 82.1 cm³/mol. The summed E-state index contributed by atoms with van der Waals surface area (Å²) >= 11 is 0. The molecule has 2 amide bonds. The first kappa shape index (κ1) is 19.8. The summed E-state index contributed by atoms with van der Waals surface area (Å²) < 4.78 is 47.4. The van der Waals surface area contributed by atoms with Gasteiger partial charge in [-0.05, 0) is 33.8 Å². The molecular weight excluding hydrogens is 325 g/mol. The van der Waals surface area contributed by atoms with Crippen molar-refractivity contribution in [3.8, 4) is 0 Å². The van der Waals surface area contributed by atoms with Gasteiger partial charge in [-0.15, -0.1) is 0 Å². The van der Waals surface area contributed by atoms with E-state index in [1.807, 2.05) is 0 Å². The van der Waals surface area contributed by atoms with Gasteiger partial charge in [0.05, 0.1) is 11.6 Å². The molecule has 0 aliphatic rings. The second kappa shape index (κ2) is 7.11. The third kappa shape index (κ3) is 4.62. The third-order valence-corrected chi connectivity index (χ3v) is 3.08. The molecular formula is C16H21F3N2O3. The topological polar surface area (TPSA) is 67.4 Å². The predicted octanol–water partition coefficient (Wildman–Crippen LogP) is 3.25. The number of hydrogen-bond donors (Lipinski definition) is 2. The standard InChI is InChI=1S/C16H21F3N2O3/c1-9(21-14(23)24-15(2,3)4)10-7-6-8-11(12(10)17)16(18,19)13(22)20-5/h6-9H,1-5H3,(H,20,22)(H,21,23)/t9-/m1/s1. The zero-order valence-electron chi connectivity index (χ0n) is 14.2. The molecule has 0 aliphatic heterocycles. The lowest BCUT2D eigenvalue weighted by atomic mass is 9.99. The highest BCUT2D eigenvalue weighted by atomic mass is 19.3. The number of rotatable bonds is 4. The number of nitrogens with one attached hydrogen (secondary N) is 2. The molecule has 24 heavy (non-hydrogen) atoms. The maximum absolute atomic E-state index is 14.5. The number of ether oxygens (including phenoxy) is 1. The van der Waals surface area contributed by atoms with Crippen molar-refractivity contribution in [3.63, 3.8) is 0 Å². The fraction of sp³-hybridized carbons (Fsp3) is 0.500. The summed E-state index contributed by atoms with van der Waals surface area (Å²) in [4.78, 5) is 23.0. The molecule has 0 saturated carbocycles. The van der Waals surface area contributed by atoms with Crippen LogP contribution in [0.1, 0.15) is 44.9 Å². The van der Waals surface area contributed by atoms with Gasteiger partial charge in [0, 0.05) is 12.6 Å². The molecule has 0 spiro atoms. The van der Waals surface area contributed by atoms with E-state index in [1.54, 1.807) is 26.1 Å². The normalized spacial score (nSPS) is 13.2. The molecule has 0 saturated heterocycles. The van der Waals surface area contributed by atoms with Crippen LogP contribution < -0.4 is 10.6 Å². The Morgan fingerprint density at radius 1 is 1.21 bits per heavy atom. The van der Waals surface area contributed by atoms with E-state index in [-0.39, 0.29) is 5.56 Å². The third-order valence-electron chi connectivity index (χ3n) is 3.08. The molecule has 1 rings (SSSR count). The molecule has 134 valence electrons. The van der Waals surface area contributed by atoms with Crippen LogP contribution in [0.2, 0.25) is 0 Å². The van der Waals surface area contributed by atoms with Crippen LogP contribution in [0.15, 0.2) is 18.2 Å². The summed E-state index contributed by atoms with van der Waals surface area (Å²) in [5.74, 6) is -6.90. The first-order valence-electron chi connectivity index (χ1n) is 7.28. The summed E-state index contributed by atoms with van der Waals surface area (Å²) in [6, 6.07) is 2.34. The summed E-state index contributed by atoms with van der Waals surface area (Å²) in [5, 5.41) is 4.16. The molecule has 5 nitrogen and oxygen atoms in total. The van der Waals surface area contributed by atoms with Crippen molar-refractivity contribution in [3.05, 3.63) is 35.1 Å². The van der Waals surface area contributed by atoms with Gasteiger partial charge in [0.2, 0.25) is 0 Å². The zero-order valence-corrected chi connectivity index (χ0v) is 14.2. The van der Waals surface area contributed by atoms with E-state index in [0.29, 0.717) is 0 Å². The van der Waals surface area contributed by atoms with Crippen molar-refractivity contribution in [2.24, 2.45) is 0 Å². The minimum atomic E-state index is -4.03. The number of alkyl carbamates (subject to hydrolysis) is 1. The van der Waals surface area contributed by atoms with E-state index >= 15 is 0 Å². The Morgan fingerprint density at radius 3 is 2.29 bits per heavy atom. The second-order valence-corrected chi connectivity index (χ2v) is 6.23. The maximum Gasteiger partial charge on any atom is 0.408 e. The van der Waals surface area contributed by atoms with Gasteiger partial charge >= 0.3 is 12.0 Å². The van der Waals surface area contributed by atoms with E-state index in [4.69, 9.17) is 4.74 Å². The van der Waals surface area contributed by atoms with Gasteiger partial charge in [0.25, 0.3) is 5.91 Å². The van der Waals surface area contributed by atoms with E-state index in [2.05, 4.69) is 5.32 Å². The summed E-state index contributed by atoms with van der Waals surface area (Å²) in [6.07, 6.45) is -0.808. The Morgan fingerprint density at radius 2 is 1.79 bits per heavy atom. The monoisotopic (exact) mass is 346 g/mol. The Balaban J connectivity index is 3.08. The molecule has 0 radical (unpaired) electrons. The first-order chi connectivity index (χ1) is 10.9. The quantitative estimate of drug-likeness (QED) is 0.879. The summed E-state index contributed by atoms with van der Waals surface area (Å²) in [6.45, 7) is 6.39. The molecule has 0 fully saturated rings. The van der Waals surface area contributed by atoms with Gasteiger partial charge in [-0.2, -0.15) is 8.78 Å². The van der Waals surface area contributed by atoms with Crippen LogP contribution in [0.25, 0.3) is 0 Å². The Hall–Kier alpha value is -2.25. The summed E-state index contributed by atoms with van der Waals surface area (Å²) in [5.41, 5.74) is -1.99. The molecule has 0 aromatic heterocycles. The molecule has 0 unspecified atom stereocenters. The number of carbonyl (C=O) groups excluding carboxylic acids is 2. The van der Waals surface area contributed by atoms with Gasteiger partial charge < -0.3 is 15.4 Å². The van der Waals surface area contributed by atoms with E-state index < -0.39 is 40.9 Å². The molecule has 8 heteroatoms. The molecule has 0 heterocycles. The van der Waals surface area contributed by atoms with Crippen LogP contribution in [-0.4, -0.2) is 24.6 Å². The average Bonchev–Trinajstić information content (AvgIpc) is 2.43. The SMILES string of the molecule is CNC(=O)C(F)(F)c1cccc([C@@H](C)NC(=O)OC(C)(C)C)c1F. The number of benzene rings is 1. The lowest BCUT2D eigenvalue weighted by Gasteiger charge is -2.23. The molecule has 0 bridgehead atoms. The summed E-state index contributed by atoms with van der Waals surface area (Å²) in [7, 11) is 1.03. The first-order valence-corrected chi connectivity index (χ1v) is 7.28. The van der Waals surface area contributed by atoms with Gasteiger partial charge in [-0.25, -0.2) is 9.18 Å². The van der Waals surface area contributed by atoms with Crippen LogP contribution in [0.3, 0.4) is 0 Å². The van der Waals surface area contributed by atoms with Crippen molar-refractivity contribution in [2.45, 2.75) is 45.3 Å². The van der Waals surface area contributed by atoms with Gasteiger partial charge in [0.15, 0.2) is 0 Å². The molecule has 2 N–H and O–H groups in total. The lowest BCUT2D eigenvalue weighted by molar-refractivity contribution is -0.146. The Bertz CT molecular complexity index is 627. The van der Waals surface area contributed by atoms with Crippen molar-refractivity contribution in [1.82, 2.24) is 10.6 Å². The van der Waals surface area contributed by atoms with Crippen molar-refractivity contribution in [2.75, 3.05) is 7.05 Å².